The summed E-state index contributed by atoms with van der Waals surface area (Å²) < 4.78 is 2.82. The van der Waals surface area contributed by atoms with Crippen molar-refractivity contribution in [2.24, 2.45) is 24.6 Å². The maximum absolute atomic E-state index is 12.8. The summed E-state index contributed by atoms with van der Waals surface area (Å²) in [7, 11) is 1.67. The van der Waals surface area contributed by atoms with Crippen LogP contribution in [0.5, 0.6) is 0 Å². The topological polar surface area (TPSA) is 106 Å². The molecule has 3 aliphatic rings. The first-order valence-corrected chi connectivity index (χ1v) is 10.7. The molecule has 2 saturated heterocycles. The Morgan fingerprint density at radius 2 is 1.94 bits per heavy atom. The van der Waals surface area contributed by atoms with Gasteiger partial charge in [-0.2, -0.15) is 4.68 Å². The quantitative estimate of drug-likeness (QED) is 0.674. The lowest BCUT2D eigenvalue weighted by Gasteiger charge is -2.42. The van der Waals surface area contributed by atoms with Crippen LogP contribution in [0.3, 0.4) is 0 Å². The van der Waals surface area contributed by atoms with Crippen LogP contribution in [0, 0.1) is 23.7 Å². The zero-order valence-corrected chi connectivity index (χ0v) is 17.5. The van der Waals surface area contributed by atoms with E-state index in [0.717, 1.165) is 44.0 Å². The molecule has 1 saturated carbocycles. The first-order chi connectivity index (χ1) is 14.9. The summed E-state index contributed by atoms with van der Waals surface area (Å²) in [5.74, 6) is 7.36. The number of nitrogens with two attached hydrogens (primary N) is 1. The highest BCUT2D eigenvalue weighted by molar-refractivity contribution is 6.02. The molecule has 1 aromatic carbocycles. The second-order valence-corrected chi connectivity index (χ2v) is 8.87. The monoisotopic (exact) mass is 422 g/mol. The van der Waals surface area contributed by atoms with E-state index in [1.165, 1.54) is 14.3 Å². The average Bonchev–Trinajstić information content (AvgIpc) is 2.92. The van der Waals surface area contributed by atoms with Crippen LogP contribution in [0.15, 0.2) is 23.0 Å². The van der Waals surface area contributed by atoms with Crippen LogP contribution in [-0.2, 0) is 11.8 Å². The lowest BCUT2D eigenvalue weighted by atomic mass is 9.80. The summed E-state index contributed by atoms with van der Waals surface area (Å²) in [6, 6.07) is 5.35. The Kier molecular flexibility index (Phi) is 4.84. The molecule has 0 atom stereocenters. The van der Waals surface area contributed by atoms with Gasteiger partial charge in [0.25, 0.3) is 0 Å². The molecule has 3 heterocycles. The van der Waals surface area contributed by atoms with Crippen LogP contribution in [0.25, 0.3) is 11.0 Å². The van der Waals surface area contributed by atoms with Gasteiger partial charge in [-0.1, -0.05) is 11.8 Å². The van der Waals surface area contributed by atoms with Crippen molar-refractivity contribution in [3.8, 4) is 11.8 Å². The van der Waals surface area contributed by atoms with Crippen molar-refractivity contribution in [3.05, 3.63) is 34.2 Å². The number of carbonyl (C=O) groups is 2. The van der Waals surface area contributed by atoms with E-state index in [1.807, 2.05) is 12.1 Å². The molecule has 3 amide bonds. The maximum Gasteiger partial charge on any atom is 0.348 e. The highest BCUT2D eigenvalue weighted by Crippen LogP contribution is 2.28. The number of imide groups is 1. The number of hydrogen-bond donors (Lipinski definition) is 2. The SMILES string of the molecule is Cn1c(=O)n(N2CCC(=O)NC2=O)c2ccc(C#CC3CN(CC4CC(N)C4)C3)cc21. The van der Waals surface area contributed by atoms with Crippen molar-refractivity contribution in [2.45, 2.75) is 25.3 Å². The van der Waals surface area contributed by atoms with Crippen molar-refractivity contribution >= 4 is 23.0 Å². The molecular formula is C22H26N6O3. The van der Waals surface area contributed by atoms with Crippen molar-refractivity contribution in [1.82, 2.24) is 19.5 Å². The number of likely N-dealkylation sites (tertiary alicyclic amines) is 1. The Morgan fingerprint density at radius 1 is 1.16 bits per heavy atom. The molecule has 0 unspecified atom stereocenters. The summed E-state index contributed by atoms with van der Waals surface area (Å²) in [4.78, 5) is 38.9. The minimum absolute atomic E-state index is 0.157. The number of urea groups is 1. The van der Waals surface area contributed by atoms with Crippen molar-refractivity contribution in [2.75, 3.05) is 31.2 Å². The van der Waals surface area contributed by atoms with Crippen LogP contribution >= 0.6 is 0 Å². The van der Waals surface area contributed by atoms with Crippen molar-refractivity contribution in [3.63, 3.8) is 0 Å². The molecule has 2 aromatic rings. The molecule has 5 rings (SSSR count). The fraction of sp³-hybridized carbons (Fsp3) is 0.500. The number of nitrogens with zero attached hydrogens (tertiary/aromatic N) is 4. The third kappa shape index (κ3) is 3.62. The Labute approximate surface area is 179 Å². The number of aryl methyl sites for hydroxylation is 1. The van der Waals surface area contributed by atoms with Gasteiger partial charge >= 0.3 is 11.7 Å². The normalized spacial score (nSPS) is 24.4. The lowest BCUT2D eigenvalue weighted by molar-refractivity contribution is -0.120. The second kappa shape index (κ2) is 7.55. The Morgan fingerprint density at radius 3 is 2.65 bits per heavy atom. The van der Waals surface area contributed by atoms with Gasteiger partial charge in [-0.15, -0.1) is 0 Å². The smallest absolute Gasteiger partial charge is 0.328 e. The van der Waals surface area contributed by atoms with E-state index in [4.69, 9.17) is 5.73 Å². The van der Waals surface area contributed by atoms with E-state index in [2.05, 4.69) is 22.1 Å². The Bertz CT molecular complexity index is 1170. The molecule has 2 aliphatic heterocycles. The van der Waals surface area contributed by atoms with E-state index < -0.39 is 6.03 Å². The first-order valence-electron chi connectivity index (χ1n) is 10.7. The molecule has 0 radical (unpaired) electrons. The van der Waals surface area contributed by atoms with Crippen LogP contribution in [0.4, 0.5) is 4.79 Å². The summed E-state index contributed by atoms with van der Waals surface area (Å²) in [6.45, 7) is 3.29. The number of carbonyl (C=O) groups excluding carboxylic acids is 2. The van der Waals surface area contributed by atoms with Crippen LogP contribution in [-0.4, -0.2) is 58.3 Å². The average molecular weight is 422 g/mol. The highest BCUT2D eigenvalue weighted by Gasteiger charge is 2.32. The predicted octanol–water partition coefficient (Wildman–Crippen LogP) is -0.0615. The van der Waals surface area contributed by atoms with Crippen LogP contribution in [0.2, 0.25) is 0 Å². The number of hydrogen-bond acceptors (Lipinski definition) is 5. The molecule has 1 aliphatic carbocycles. The number of amides is 3. The van der Waals surface area contributed by atoms with Gasteiger partial charge in [0.05, 0.1) is 17.6 Å². The van der Waals surface area contributed by atoms with Crippen molar-refractivity contribution < 1.29 is 9.59 Å². The number of rotatable bonds is 3. The fourth-order valence-corrected chi connectivity index (χ4v) is 4.67. The van der Waals surface area contributed by atoms with E-state index in [1.54, 1.807) is 13.1 Å². The van der Waals surface area contributed by atoms with Crippen LogP contribution < -0.4 is 21.7 Å². The summed E-state index contributed by atoms with van der Waals surface area (Å²) in [5, 5.41) is 3.53. The minimum atomic E-state index is -0.590. The Hall–Kier alpha value is -3.09. The molecule has 31 heavy (non-hydrogen) atoms. The minimum Gasteiger partial charge on any atom is -0.328 e. The van der Waals surface area contributed by atoms with Crippen LogP contribution in [0.1, 0.15) is 24.8 Å². The summed E-state index contributed by atoms with van der Waals surface area (Å²) in [6.07, 6.45) is 2.44. The number of aromatic nitrogens is 2. The fourth-order valence-electron chi connectivity index (χ4n) is 4.67. The molecule has 9 heteroatoms. The second-order valence-electron chi connectivity index (χ2n) is 8.87. The zero-order valence-electron chi connectivity index (χ0n) is 17.5. The van der Waals surface area contributed by atoms with Gasteiger partial charge in [0.2, 0.25) is 5.91 Å². The number of imidazole rings is 1. The molecule has 0 spiro atoms. The first kappa shape index (κ1) is 19.8. The maximum atomic E-state index is 12.8. The number of nitrogens with one attached hydrogen (secondary N) is 1. The van der Waals surface area contributed by atoms with E-state index in [-0.39, 0.29) is 24.6 Å². The molecule has 3 N–H and O–H groups in total. The molecular weight excluding hydrogens is 396 g/mol. The van der Waals surface area contributed by atoms with Gasteiger partial charge < -0.3 is 10.6 Å². The predicted molar refractivity (Wildman–Crippen MR) is 116 cm³/mol. The molecule has 9 nitrogen and oxygen atoms in total. The lowest BCUT2D eigenvalue weighted by Crippen LogP contribution is -2.57. The summed E-state index contributed by atoms with van der Waals surface area (Å²) in [5.41, 5.74) is 7.66. The van der Waals surface area contributed by atoms with Crippen molar-refractivity contribution in [1.29, 1.82) is 0 Å². The van der Waals surface area contributed by atoms with E-state index in [0.29, 0.717) is 23.0 Å². The number of fused-ring (bicyclic) bond motifs is 1. The van der Waals surface area contributed by atoms with E-state index in [9.17, 15) is 14.4 Å². The third-order valence-corrected chi connectivity index (χ3v) is 6.47. The Balaban J connectivity index is 1.31. The van der Waals surface area contributed by atoms with Gasteiger partial charge in [-0.25, -0.2) is 14.6 Å². The number of benzene rings is 1. The third-order valence-electron chi connectivity index (χ3n) is 6.47. The largest absolute Gasteiger partial charge is 0.348 e. The van der Waals surface area contributed by atoms with Gasteiger partial charge in [0.1, 0.15) is 0 Å². The molecule has 1 aromatic heterocycles. The van der Waals surface area contributed by atoms with Gasteiger partial charge in [-0.3, -0.25) is 14.7 Å². The molecule has 0 bridgehead atoms. The molecule has 162 valence electrons. The highest BCUT2D eigenvalue weighted by atomic mass is 16.2. The van der Waals surface area contributed by atoms with Gasteiger partial charge in [0, 0.05) is 50.6 Å². The van der Waals surface area contributed by atoms with Gasteiger partial charge in [0.15, 0.2) is 0 Å². The van der Waals surface area contributed by atoms with E-state index >= 15 is 0 Å². The summed E-state index contributed by atoms with van der Waals surface area (Å²) >= 11 is 0. The van der Waals surface area contributed by atoms with Gasteiger partial charge in [-0.05, 0) is 37.0 Å². The molecule has 3 fully saturated rings. The standard InChI is InChI=1S/C22H26N6O3/c1-25-19-10-14(2-3-15-11-26(12-15)13-16-8-17(23)9-16)4-5-18(19)28(22(25)31)27-7-6-20(29)24-21(27)30/h4-5,10,15-17H,6-9,11-13,23H2,1H3,(H,24,29,30). The zero-order chi connectivity index (χ0) is 21.7.